The monoisotopic (exact) mass is 498 g/mol. The van der Waals surface area contributed by atoms with Gasteiger partial charge in [-0.3, -0.25) is 9.69 Å². The van der Waals surface area contributed by atoms with Crippen LogP contribution >= 0.6 is 0 Å². The van der Waals surface area contributed by atoms with Gasteiger partial charge in [0.2, 0.25) is 15.9 Å². The van der Waals surface area contributed by atoms with Gasteiger partial charge in [-0.05, 0) is 64.4 Å². The number of hydrogen-bond acceptors (Lipinski definition) is 7. The molecule has 2 amide bonds. The Kier molecular flexibility index (Phi) is 10.1. The Hall–Kier alpha value is -2.37. The van der Waals surface area contributed by atoms with Crippen molar-refractivity contribution in [2.45, 2.75) is 44.1 Å². The maximum atomic E-state index is 12.5. The summed E-state index contributed by atoms with van der Waals surface area (Å²) in [6.07, 6.45) is 1.25. The SMILES string of the molecule is CN(C)S(=O)(=O)c1ccc(OCCN2CCCC(C(=O)NCCNC(=O)OC(C)(C)C)C2)cc1. The smallest absolute Gasteiger partial charge is 0.407 e. The van der Waals surface area contributed by atoms with Gasteiger partial charge >= 0.3 is 6.09 Å². The molecule has 0 aliphatic carbocycles. The van der Waals surface area contributed by atoms with Crippen molar-refractivity contribution in [2.75, 3.05) is 53.4 Å². The largest absolute Gasteiger partial charge is 0.492 e. The number of alkyl carbamates (subject to hydrolysis) is 1. The fraction of sp³-hybridized carbons (Fsp3) is 0.652. The highest BCUT2D eigenvalue weighted by atomic mass is 32.2. The highest BCUT2D eigenvalue weighted by Gasteiger charge is 2.25. The quantitative estimate of drug-likeness (QED) is 0.471. The Morgan fingerprint density at radius 1 is 1.12 bits per heavy atom. The minimum absolute atomic E-state index is 0.0192. The number of likely N-dealkylation sites (tertiary alicyclic amines) is 1. The maximum absolute atomic E-state index is 12.5. The molecule has 1 aromatic carbocycles. The molecule has 1 saturated heterocycles. The van der Waals surface area contributed by atoms with Gasteiger partial charge in [-0.25, -0.2) is 17.5 Å². The summed E-state index contributed by atoms with van der Waals surface area (Å²) in [4.78, 5) is 26.6. The average molecular weight is 499 g/mol. The summed E-state index contributed by atoms with van der Waals surface area (Å²) in [5, 5.41) is 5.51. The number of rotatable bonds is 10. The van der Waals surface area contributed by atoms with Gasteiger partial charge in [0.25, 0.3) is 0 Å². The lowest BCUT2D eigenvalue weighted by molar-refractivity contribution is -0.126. The van der Waals surface area contributed by atoms with Crippen molar-refractivity contribution in [3.63, 3.8) is 0 Å². The zero-order valence-corrected chi connectivity index (χ0v) is 21.6. The third kappa shape index (κ3) is 9.11. The number of nitrogens with one attached hydrogen (secondary N) is 2. The molecule has 0 saturated carbocycles. The summed E-state index contributed by atoms with van der Waals surface area (Å²) >= 11 is 0. The van der Waals surface area contributed by atoms with E-state index < -0.39 is 21.7 Å². The van der Waals surface area contributed by atoms with E-state index in [9.17, 15) is 18.0 Å². The van der Waals surface area contributed by atoms with Crippen LogP contribution in [0.3, 0.4) is 0 Å². The van der Waals surface area contributed by atoms with Crippen LogP contribution in [0.25, 0.3) is 0 Å². The maximum Gasteiger partial charge on any atom is 0.407 e. The van der Waals surface area contributed by atoms with E-state index in [-0.39, 0.29) is 16.7 Å². The third-order valence-corrected chi connectivity index (χ3v) is 7.08. The van der Waals surface area contributed by atoms with Crippen LogP contribution in [0.5, 0.6) is 5.75 Å². The molecule has 0 spiro atoms. The van der Waals surface area contributed by atoms with Crippen molar-refractivity contribution in [2.24, 2.45) is 5.92 Å². The van der Waals surface area contributed by atoms with E-state index in [1.165, 1.54) is 30.5 Å². The first-order valence-electron chi connectivity index (χ1n) is 11.5. The normalized spacial score (nSPS) is 17.3. The van der Waals surface area contributed by atoms with Gasteiger partial charge < -0.3 is 20.1 Å². The van der Waals surface area contributed by atoms with Crippen LogP contribution < -0.4 is 15.4 Å². The predicted molar refractivity (Wildman–Crippen MR) is 129 cm³/mol. The lowest BCUT2D eigenvalue weighted by atomic mass is 9.97. The molecule has 1 heterocycles. The molecule has 0 aromatic heterocycles. The van der Waals surface area contributed by atoms with Crippen molar-refractivity contribution in [3.8, 4) is 5.75 Å². The number of sulfonamides is 1. The van der Waals surface area contributed by atoms with Crippen LogP contribution in [0.1, 0.15) is 33.6 Å². The van der Waals surface area contributed by atoms with Gasteiger partial charge in [-0.1, -0.05) is 0 Å². The molecule has 192 valence electrons. The number of benzene rings is 1. The Morgan fingerprint density at radius 3 is 2.38 bits per heavy atom. The molecule has 10 nitrogen and oxygen atoms in total. The van der Waals surface area contributed by atoms with Crippen LogP contribution in [-0.4, -0.2) is 88.7 Å². The fourth-order valence-corrected chi connectivity index (χ4v) is 4.39. The number of carbonyl (C=O) groups is 2. The summed E-state index contributed by atoms with van der Waals surface area (Å²) in [6, 6.07) is 6.36. The van der Waals surface area contributed by atoms with Gasteiger partial charge in [0.05, 0.1) is 10.8 Å². The minimum atomic E-state index is -3.46. The second-order valence-electron chi connectivity index (χ2n) is 9.47. The molecule has 2 N–H and O–H groups in total. The van der Waals surface area contributed by atoms with Crippen LogP contribution in [0.4, 0.5) is 4.79 Å². The molecule has 34 heavy (non-hydrogen) atoms. The first-order chi connectivity index (χ1) is 15.9. The van der Waals surface area contributed by atoms with Crippen LogP contribution in [0.2, 0.25) is 0 Å². The summed E-state index contributed by atoms with van der Waals surface area (Å²) in [5.74, 6) is 0.474. The second-order valence-corrected chi connectivity index (χ2v) is 11.6. The third-order valence-electron chi connectivity index (χ3n) is 5.25. The topological polar surface area (TPSA) is 117 Å². The second kappa shape index (κ2) is 12.4. The molecule has 0 radical (unpaired) electrons. The van der Waals surface area contributed by atoms with Crippen molar-refractivity contribution < 1.29 is 27.5 Å². The summed E-state index contributed by atoms with van der Waals surface area (Å²) in [5.41, 5.74) is -0.557. The fourth-order valence-electron chi connectivity index (χ4n) is 3.49. The van der Waals surface area contributed by atoms with E-state index in [1.54, 1.807) is 32.9 Å². The average Bonchev–Trinajstić information content (AvgIpc) is 2.76. The van der Waals surface area contributed by atoms with Crippen molar-refractivity contribution in [1.29, 1.82) is 0 Å². The molecule has 1 aliphatic heterocycles. The van der Waals surface area contributed by atoms with Crippen LogP contribution in [0, 0.1) is 5.92 Å². The molecular formula is C23H38N4O6S. The molecule has 1 unspecified atom stereocenters. The van der Waals surface area contributed by atoms with Gasteiger partial charge in [-0.15, -0.1) is 0 Å². The van der Waals surface area contributed by atoms with E-state index in [2.05, 4.69) is 15.5 Å². The van der Waals surface area contributed by atoms with Crippen molar-refractivity contribution in [1.82, 2.24) is 19.8 Å². The standard InChI is InChI=1S/C23H38N4O6S/c1-23(2,3)33-22(29)25-13-12-24-21(28)18-7-6-14-27(17-18)15-16-32-19-8-10-20(11-9-19)34(30,31)26(4)5/h8-11,18H,6-7,12-17H2,1-5H3,(H,24,28)(H,25,29). The molecule has 1 fully saturated rings. The Labute approximate surface area is 203 Å². The molecule has 1 aromatic rings. The molecular weight excluding hydrogens is 460 g/mol. The summed E-state index contributed by atoms with van der Waals surface area (Å²) in [7, 11) is -0.475. The number of piperidine rings is 1. The highest BCUT2D eigenvalue weighted by Crippen LogP contribution is 2.19. The minimum Gasteiger partial charge on any atom is -0.492 e. The first-order valence-corrected chi connectivity index (χ1v) is 12.9. The number of hydrogen-bond donors (Lipinski definition) is 2. The summed E-state index contributed by atoms with van der Waals surface area (Å²) in [6.45, 7) is 8.68. The van der Waals surface area contributed by atoms with Gasteiger partial charge in [0.1, 0.15) is 18.0 Å². The zero-order valence-electron chi connectivity index (χ0n) is 20.8. The first kappa shape index (κ1) is 27.9. The van der Waals surface area contributed by atoms with Crippen molar-refractivity contribution in [3.05, 3.63) is 24.3 Å². The molecule has 11 heteroatoms. The highest BCUT2D eigenvalue weighted by molar-refractivity contribution is 7.89. The molecule has 2 rings (SSSR count). The molecule has 1 atom stereocenters. The Bertz CT molecular complexity index is 912. The lowest BCUT2D eigenvalue weighted by Crippen LogP contribution is -2.45. The van der Waals surface area contributed by atoms with E-state index in [4.69, 9.17) is 9.47 Å². The van der Waals surface area contributed by atoms with Gasteiger partial charge in [0.15, 0.2) is 0 Å². The van der Waals surface area contributed by atoms with Gasteiger partial charge in [0, 0.05) is 40.3 Å². The van der Waals surface area contributed by atoms with E-state index in [0.29, 0.717) is 38.5 Å². The molecule has 0 bridgehead atoms. The number of nitrogens with zero attached hydrogens (tertiary/aromatic N) is 2. The van der Waals surface area contributed by atoms with E-state index in [1.807, 2.05) is 0 Å². The zero-order chi connectivity index (χ0) is 25.4. The number of ether oxygens (including phenoxy) is 2. The molecule has 1 aliphatic rings. The Morgan fingerprint density at radius 2 is 1.76 bits per heavy atom. The van der Waals surface area contributed by atoms with Gasteiger partial charge in [-0.2, -0.15) is 0 Å². The van der Waals surface area contributed by atoms with Crippen LogP contribution in [-0.2, 0) is 19.6 Å². The van der Waals surface area contributed by atoms with E-state index in [0.717, 1.165) is 19.4 Å². The number of amides is 2. The Balaban J connectivity index is 1.69. The number of carbonyl (C=O) groups excluding carboxylic acids is 2. The lowest BCUT2D eigenvalue weighted by Gasteiger charge is -2.31. The van der Waals surface area contributed by atoms with Crippen molar-refractivity contribution >= 4 is 22.0 Å². The van der Waals surface area contributed by atoms with E-state index >= 15 is 0 Å². The predicted octanol–water partition coefficient (Wildman–Crippen LogP) is 1.67. The van der Waals surface area contributed by atoms with Crippen LogP contribution in [0.15, 0.2) is 29.2 Å². The summed E-state index contributed by atoms with van der Waals surface area (Å²) < 4.78 is 36.4.